The Balaban J connectivity index is 3.04. The third-order valence-electron chi connectivity index (χ3n) is 3.78. The molecule has 0 radical (unpaired) electrons. The molecule has 80 valence electrons. The van der Waals surface area contributed by atoms with Gasteiger partial charge in [-0.25, -0.2) is 0 Å². The normalized spacial score (nSPS) is 36.8. The summed E-state index contributed by atoms with van der Waals surface area (Å²) in [5.74, 6) is 0.201. The van der Waals surface area contributed by atoms with Gasteiger partial charge in [0.1, 0.15) is 0 Å². The lowest BCUT2D eigenvalue weighted by molar-refractivity contribution is -0.0693. The van der Waals surface area contributed by atoms with Gasteiger partial charge in [0.25, 0.3) is 0 Å². The van der Waals surface area contributed by atoms with E-state index in [2.05, 4.69) is 19.9 Å². The first-order chi connectivity index (χ1) is 6.15. The second-order valence-corrected chi connectivity index (χ2v) is 6.11. The number of aliphatic hydroxyl groups is 1. The number of hydrogen-bond donors (Lipinski definition) is 1. The Labute approximate surface area is 86.9 Å². The van der Waals surface area contributed by atoms with Crippen molar-refractivity contribution in [2.45, 2.75) is 53.1 Å². The molecule has 0 saturated heterocycles. The summed E-state index contributed by atoms with van der Waals surface area (Å²) in [5.41, 5.74) is -1.33. The Kier molecular flexibility index (Phi) is 2.44. The van der Waals surface area contributed by atoms with Crippen LogP contribution in [0.3, 0.4) is 0 Å². The molecule has 0 bridgehead atoms. The van der Waals surface area contributed by atoms with Crippen molar-refractivity contribution in [3.8, 4) is 6.07 Å². The highest BCUT2D eigenvalue weighted by Crippen LogP contribution is 2.54. The lowest BCUT2D eigenvalue weighted by atomic mass is 9.70. The average Bonchev–Trinajstić information content (AvgIpc) is 2.22. The summed E-state index contributed by atoms with van der Waals surface area (Å²) in [6.45, 7) is 10.0. The molecule has 1 rings (SSSR count). The fourth-order valence-electron chi connectivity index (χ4n) is 2.91. The summed E-state index contributed by atoms with van der Waals surface area (Å²) in [6.07, 6.45) is 1.72. The Bertz CT molecular complexity index is 275. The molecule has 0 aliphatic heterocycles. The van der Waals surface area contributed by atoms with Gasteiger partial charge in [-0.15, -0.1) is 0 Å². The molecule has 0 amide bonds. The van der Waals surface area contributed by atoms with Gasteiger partial charge in [0.2, 0.25) is 0 Å². The van der Waals surface area contributed by atoms with Crippen molar-refractivity contribution in [1.82, 2.24) is 0 Å². The maximum atomic E-state index is 10.6. The minimum atomic E-state index is -0.828. The Morgan fingerprint density at radius 2 is 1.93 bits per heavy atom. The minimum absolute atomic E-state index is 0.155. The number of rotatable bonds is 1. The topological polar surface area (TPSA) is 44.0 Å². The van der Waals surface area contributed by atoms with Crippen LogP contribution < -0.4 is 0 Å². The summed E-state index contributed by atoms with van der Waals surface area (Å²) in [4.78, 5) is 0. The first-order valence-electron chi connectivity index (χ1n) is 5.28. The largest absolute Gasteiger partial charge is 0.388 e. The predicted molar refractivity (Wildman–Crippen MR) is 56.5 cm³/mol. The van der Waals surface area contributed by atoms with Crippen LogP contribution in [0.4, 0.5) is 0 Å². The van der Waals surface area contributed by atoms with Crippen molar-refractivity contribution in [3.63, 3.8) is 0 Å². The molecule has 0 aromatic carbocycles. The van der Waals surface area contributed by atoms with Gasteiger partial charge in [-0.3, -0.25) is 0 Å². The molecule has 1 N–H and O–H groups in total. The first kappa shape index (κ1) is 11.5. The van der Waals surface area contributed by atoms with E-state index in [0.29, 0.717) is 0 Å². The zero-order valence-electron chi connectivity index (χ0n) is 9.89. The van der Waals surface area contributed by atoms with Crippen LogP contribution in [0.1, 0.15) is 47.5 Å². The van der Waals surface area contributed by atoms with Gasteiger partial charge in [0.05, 0.1) is 17.1 Å². The van der Waals surface area contributed by atoms with Crippen LogP contribution >= 0.6 is 0 Å². The molecule has 0 heterocycles. The van der Waals surface area contributed by atoms with E-state index in [1.165, 1.54) is 0 Å². The van der Waals surface area contributed by atoms with E-state index in [-0.39, 0.29) is 11.3 Å². The minimum Gasteiger partial charge on any atom is -0.388 e. The second kappa shape index (κ2) is 2.97. The third kappa shape index (κ3) is 1.54. The fraction of sp³-hybridized carbons (Fsp3) is 0.917. The van der Waals surface area contributed by atoms with Gasteiger partial charge in [0, 0.05) is 0 Å². The highest BCUT2D eigenvalue weighted by Gasteiger charge is 2.55. The molecule has 2 heteroatoms. The Morgan fingerprint density at radius 3 is 2.21 bits per heavy atom. The zero-order chi connectivity index (χ0) is 11.2. The van der Waals surface area contributed by atoms with Crippen molar-refractivity contribution in [2.24, 2.45) is 16.7 Å². The van der Waals surface area contributed by atoms with Gasteiger partial charge in [-0.05, 0) is 38.0 Å². The molecule has 2 unspecified atom stereocenters. The predicted octanol–water partition coefficient (Wildman–Crippen LogP) is 2.72. The average molecular weight is 195 g/mol. The summed E-state index contributed by atoms with van der Waals surface area (Å²) >= 11 is 0. The molecule has 1 saturated carbocycles. The van der Waals surface area contributed by atoms with E-state index in [0.717, 1.165) is 12.8 Å². The van der Waals surface area contributed by atoms with E-state index < -0.39 is 11.0 Å². The van der Waals surface area contributed by atoms with Crippen molar-refractivity contribution >= 4 is 0 Å². The molecule has 14 heavy (non-hydrogen) atoms. The number of nitriles is 1. The van der Waals surface area contributed by atoms with Gasteiger partial charge >= 0.3 is 0 Å². The van der Waals surface area contributed by atoms with Crippen molar-refractivity contribution in [1.29, 1.82) is 5.26 Å². The summed E-state index contributed by atoms with van der Waals surface area (Å²) in [5, 5.41) is 19.7. The van der Waals surface area contributed by atoms with Crippen molar-refractivity contribution in [2.75, 3.05) is 0 Å². The molecule has 1 aliphatic carbocycles. The van der Waals surface area contributed by atoms with E-state index in [1.54, 1.807) is 0 Å². The smallest absolute Gasteiger partial charge is 0.0858 e. The van der Waals surface area contributed by atoms with Crippen LogP contribution in [0.2, 0.25) is 0 Å². The SMILES string of the molecule is CC1CC(C)(C)CC1(O)C(C)(C)C#N. The number of hydrogen-bond acceptors (Lipinski definition) is 2. The first-order valence-corrected chi connectivity index (χ1v) is 5.28. The standard InChI is InChI=1S/C12H21NO/c1-9-6-10(2,3)7-12(9,14)11(4,5)8-13/h9,14H,6-7H2,1-5H3. The van der Waals surface area contributed by atoms with Crippen molar-refractivity contribution in [3.05, 3.63) is 0 Å². The molecule has 0 spiro atoms. The van der Waals surface area contributed by atoms with Gasteiger partial charge in [-0.1, -0.05) is 20.8 Å². The molecular formula is C12H21NO. The van der Waals surface area contributed by atoms with Crippen molar-refractivity contribution < 1.29 is 5.11 Å². The fourth-order valence-corrected chi connectivity index (χ4v) is 2.91. The van der Waals surface area contributed by atoms with Gasteiger partial charge in [0.15, 0.2) is 0 Å². The van der Waals surface area contributed by atoms with E-state index in [4.69, 9.17) is 5.26 Å². The van der Waals surface area contributed by atoms with Crippen LogP contribution in [-0.2, 0) is 0 Å². The monoisotopic (exact) mass is 195 g/mol. The zero-order valence-corrected chi connectivity index (χ0v) is 9.89. The van der Waals surface area contributed by atoms with Crippen LogP contribution in [0.25, 0.3) is 0 Å². The van der Waals surface area contributed by atoms with E-state index >= 15 is 0 Å². The lowest BCUT2D eigenvalue weighted by Crippen LogP contribution is -2.46. The second-order valence-electron chi connectivity index (χ2n) is 6.11. The number of nitrogens with zero attached hydrogens (tertiary/aromatic N) is 1. The molecule has 2 nitrogen and oxygen atoms in total. The van der Waals surface area contributed by atoms with E-state index in [1.807, 2.05) is 20.8 Å². The summed E-state index contributed by atoms with van der Waals surface area (Å²) < 4.78 is 0. The van der Waals surface area contributed by atoms with Crippen LogP contribution in [0.15, 0.2) is 0 Å². The third-order valence-corrected chi connectivity index (χ3v) is 3.78. The Hall–Kier alpha value is -0.550. The molecule has 0 aromatic rings. The molecule has 2 atom stereocenters. The molecule has 0 aromatic heterocycles. The van der Waals surface area contributed by atoms with Crippen LogP contribution in [0.5, 0.6) is 0 Å². The molecule has 1 aliphatic rings. The maximum absolute atomic E-state index is 10.6. The highest BCUT2D eigenvalue weighted by molar-refractivity contribution is 5.13. The lowest BCUT2D eigenvalue weighted by Gasteiger charge is -2.38. The summed E-state index contributed by atoms with van der Waals surface area (Å²) in [7, 11) is 0. The molecule has 1 fully saturated rings. The quantitative estimate of drug-likeness (QED) is 0.699. The Morgan fingerprint density at radius 1 is 1.43 bits per heavy atom. The summed E-state index contributed by atoms with van der Waals surface area (Å²) in [6, 6.07) is 2.24. The van der Waals surface area contributed by atoms with E-state index in [9.17, 15) is 5.11 Å². The highest BCUT2D eigenvalue weighted by atomic mass is 16.3. The maximum Gasteiger partial charge on any atom is 0.0858 e. The molecular weight excluding hydrogens is 174 g/mol. The van der Waals surface area contributed by atoms with Crippen LogP contribution in [-0.4, -0.2) is 10.7 Å². The van der Waals surface area contributed by atoms with Gasteiger partial charge < -0.3 is 5.11 Å². The van der Waals surface area contributed by atoms with Gasteiger partial charge in [-0.2, -0.15) is 5.26 Å². The van der Waals surface area contributed by atoms with Crippen LogP contribution in [0, 0.1) is 28.1 Å².